The van der Waals surface area contributed by atoms with Crippen LogP contribution >= 0.6 is 15.9 Å². The molecule has 6 nitrogen and oxygen atoms in total. The number of nitrogens with zero attached hydrogens (tertiary/aromatic N) is 2. The third kappa shape index (κ3) is 4.32. The molecule has 0 spiro atoms. The molecule has 7 heteroatoms. The zero-order valence-electron chi connectivity index (χ0n) is 19.6. The lowest BCUT2D eigenvalue weighted by Crippen LogP contribution is -2.38. The van der Waals surface area contributed by atoms with Crippen molar-refractivity contribution in [1.82, 2.24) is 9.80 Å². The second-order valence-corrected chi connectivity index (χ2v) is 10.3. The Hall–Kier alpha value is -2.48. The molecule has 34 heavy (non-hydrogen) atoms. The average molecular weight is 525 g/mol. The summed E-state index contributed by atoms with van der Waals surface area (Å²) < 4.78 is 12.3. The second kappa shape index (κ2) is 9.64. The number of benzene rings is 2. The van der Waals surface area contributed by atoms with Gasteiger partial charge in [0.1, 0.15) is 5.58 Å². The zero-order chi connectivity index (χ0) is 23.8. The fraction of sp³-hybridized carbons (Fsp3) is 0.407. The van der Waals surface area contributed by atoms with Gasteiger partial charge in [-0.3, -0.25) is 14.5 Å². The van der Waals surface area contributed by atoms with Crippen LogP contribution in [-0.4, -0.2) is 55.1 Å². The van der Waals surface area contributed by atoms with Crippen LogP contribution in [0.3, 0.4) is 0 Å². The molecule has 0 saturated carbocycles. The number of rotatable bonds is 6. The highest BCUT2D eigenvalue weighted by Gasteiger charge is 2.42. The summed E-state index contributed by atoms with van der Waals surface area (Å²) in [5.41, 5.74) is 2.90. The lowest BCUT2D eigenvalue weighted by molar-refractivity contribution is 0.0353. The van der Waals surface area contributed by atoms with Crippen LogP contribution in [0.15, 0.2) is 56.1 Å². The van der Waals surface area contributed by atoms with Crippen LogP contribution in [0.2, 0.25) is 0 Å². The monoisotopic (exact) mass is 524 g/mol. The number of hydrogen-bond donors (Lipinski definition) is 0. The number of ether oxygens (including phenoxy) is 1. The first-order chi connectivity index (χ1) is 16.4. The second-order valence-electron chi connectivity index (χ2n) is 9.34. The number of amides is 1. The highest BCUT2D eigenvalue weighted by atomic mass is 79.9. The molecular weight excluding hydrogens is 496 g/mol. The summed E-state index contributed by atoms with van der Waals surface area (Å²) in [6.07, 6.45) is 0.819. The van der Waals surface area contributed by atoms with E-state index in [9.17, 15) is 9.59 Å². The summed E-state index contributed by atoms with van der Waals surface area (Å²) in [5, 5.41) is 0.486. The summed E-state index contributed by atoms with van der Waals surface area (Å²) in [5.74, 6) is 0.364. The number of carbonyl (C=O) groups excluding carboxylic acids is 1. The molecule has 0 N–H and O–H groups in total. The molecule has 1 aromatic heterocycles. The van der Waals surface area contributed by atoms with E-state index in [0.29, 0.717) is 29.0 Å². The van der Waals surface area contributed by atoms with Gasteiger partial charge in [0.05, 0.1) is 30.2 Å². The van der Waals surface area contributed by atoms with Crippen molar-refractivity contribution in [2.75, 3.05) is 39.4 Å². The number of carbonyl (C=O) groups is 1. The number of fused-ring (bicyclic) bond motifs is 2. The predicted octanol–water partition coefficient (Wildman–Crippen LogP) is 4.95. The summed E-state index contributed by atoms with van der Waals surface area (Å²) in [6.45, 7) is 9.07. The Labute approximate surface area is 207 Å². The van der Waals surface area contributed by atoms with Crippen molar-refractivity contribution >= 4 is 32.8 Å². The molecule has 5 rings (SSSR count). The van der Waals surface area contributed by atoms with Crippen molar-refractivity contribution in [3.05, 3.63) is 79.6 Å². The van der Waals surface area contributed by atoms with Gasteiger partial charge in [-0.15, -0.1) is 0 Å². The molecule has 0 radical (unpaired) electrons. The summed E-state index contributed by atoms with van der Waals surface area (Å²) in [4.78, 5) is 31.4. The largest absolute Gasteiger partial charge is 0.450 e. The summed E-state index contributed by atoms with van der Waals surface area (Å²) in [6, 6.07) is 13.1. The van der Waals surface area contributed by atoms with Gasteiger partial charge >= 0.3 is 0 Å². The standard InChI is InChI=1S/C27H29BrN2O4/c1-17(2)18-4-6-19(7-5-18)24-23-25(31)21-16-20(28)8-9-22(21)34-26(23)27(32)30(24)11-3-10-29-12-14-33-15-13-29/h4-9,16-17,24H,3,10-15H2,1-2H3. The van der Waals surface area contributed by atoms with Gasteiger partial charge in [-0.2, -0.15) is 0 Å². The molecule has 2 aliphatic heterocycles. The first kappa shape index (κ1) is 23.3. The van der Waals surface area contributed by atoms with Gasteiger partial charge in [0, 0.05) is 30.7 Å². The SMILES string of the molecule is CC(C)c1ccc(C2c3c(oc4ccc(Br)cc4c3=O)C(=O)N2CCCN2CCOCC2)cc1. The third-order valence-corrected chi connectivity index (χ3v) is 7.32. The normalized spacial score (nSPS) is 18.8. The van der Waals surface area contributed by atoms with Gasteiger partial charge in [-0.1, -0.05) is 54.0 Å². The van der Waals surface area contributed by atoms with Gasteiger partial charge in [0.25, 0.3) is 5.91 Å². The molecule has 3 aromatic rings. The summed E-state index contributed by atoms with van der Waals surface area (Å²) in [7, 11) is 0. The molecule has 1 unspecified atom stereocenters. The molecule has 178 valence electrons. The lowest BCUT2D eigenvalue weighted by Gasteiger charge is -2.29. The van der Waals surface area contributed by atoms with Crippen molar-refractivity contribution in [2.45, 2.75) is 32.2 Å². The smallest absolute Gasteiger partial charge is 0.290 e. The Balaban J connectivity index is 1.53. The van der Waals surface area contributed by atoms with Crippen molar-refractivity contribution in [3.8, 4) is 0 Å². The number of halogens is 1. The molecule has 2 aliphatic rings. The van der Waals surface area contributed by atoms with Crippen LogP contribution < -0.4 is 5.43 Å². The Morgan fingerprint density at radius 2 is 1.76 bits per heavy atom. The highest BCUT2D eigenvalue weighted by molar-refractivity contribution is 9.10. The fourth-order valence-electron chi connectivity index (χ4n) is 4.92. The number of hydrogen-bond acceptors (Lipinski definition) is 5. The molecule has 1 amide bonds. The average Bonchev–Trinajstić information content (AvgIpc) is 3.12. The highest BCUT2D eigenvalue weighted by Crippen LogP contribution is 2.38. The molecule has 1 atom stereocenters. The minimum absolute atomic E-state index is 0.139. The summed E-state index contributed by atoms with van der Waals surface area (Å²) >= 11 is 3.45. The Kier molecular flexibility index (Phi) is 6.60. The van der Waals surface area contributed by atoms with E-state index < -0.39 is 6.04 Å². The third-order valence-electron chi connectivity index (χ3n) is 6.82. The van der Waals surface area contributed by atoms with Crippen LogP contribution in [0.4, 0.5) is 0 Å². The Bertz CT molecular complexity index is 1260. The molecular formula is C27H29BrN2O4. The van der Waals surface area contributed by atoms with Crippen molar-refractivity contribution in [3.63, 3.8) is 0 Å². The first-order valence-electron chi connectivity index (χ1n) is 11.9. The van der Waals surface area contributed by atoms with E-state index in [2.05, 4.69) is 46.8 Å². The van der Waals surface area contributed by atoms with E-state index in [4.69, 9.17) is 9.15 Å². The van der Waals surface area contributed by atoms with E-state index in [0.717, 1.165) is 49.3 Å². The van der Waals surface area contributed by atoms with Crippen LogP contribution in [0, 0.1) is 0 Å². The zero-order valence-corrected chi connectivity index (χ0v) is 21.1. The van der Waals surface area contributed by atoms with Gasteiger partial charge in [-0.05, 0) is 41.7 Å². The Morgan fingerprint density at radius 1 is 1.03 bits per heavy atom. The number of morpholine rings is 1. The molecule has 1 saturated heterocycles. The van der Waals surface area contributed by atoms with Crippen LogP contribution in [-0.2, 0) is 4.74 Å². The maximum absolute atomic E-state index is 13.7. The van der Waals surface area contributed by atoms with Crippen molar-refractivity contribution in [1.29, 1.82) is 0 Å². The minimum Gasteiger partial charge on any atom is -0.450 e. The van der Waals surface area contributed by atoms with E-state index in [1.54, 1.807) is 12.1 Å². The van der Waals surface area contributed by atoms with Crippen LogP contribution in [0.1, 0.15) is 59.5 Å². The first-order valence-corrected chi connectivity index (χ1v) is 12.7. The maximum atomic E-state index is 13.7. The van der Waals surface area contributed by atoms with Gasteiger partial charge in [0.15, 0.2) is 5.43 Å². The maximum Gasteiger partial charge on any atom is 0.290 e. The molecule has 0 bridgehead atoms. The van der Waals surface area contributed by atoms with Gasteiger partial charge < -0.3 is 14.1 Å². The molecule has 0 aliphatic carbocycles. The van der Waals surface area contributed by atoms with E-state index in [1.165, 1.54) is 5.56 Å². The molecule has 2 aromatic carbocycles. The quantitative estimate of drug-likeness (QED) is 0.456. The van der Waals surface area contributed by atoms with E-state index in [1.807, 2.05) is 23.1 Å². The lowest BCUT2D eigenvalue weighted by atomic mass is 9.95. The van der Waals surface area contributed by atoms with Crippen LogP contribution in [0.5, 0.6) is 0 Å². The van der Waals surface area contributed by atoms with Gasteiger partial charge in [-0.25, -0.2) is 0 Å². The fourth-order valence-corrected chi connectivity index (χ4v) is 5.28. The Morgan fingerprint density at radius 3 is 2.47 bits per heavy atom. The molecule has 3 heterocycles. The van der Waals surface area contributed by atoms with Gasteiger partial charge in [0.2, 0.25) is 5.76 Å². The van der Waals surface area contributed by atoms with Crippen molar-refractivity contribution < 1.29 is 13.9 Å². The van der Waals surface area contributed by atoms with E-state index in [-0.39, 0.29) is 17.1 Å². The van der Waals surface area contributed by atoms with Crippen molar-refractivity contribution in [2.24, 2.45) is 0 Å². The minimum atomic E-state index is -0.451. The van der Waals surface area contributed by atoms with E-state index >= 15 is 0 Å². The van der Waals surface area contributed by atoms with Crippen LogP contribution in [0.25, 0.3) is 11.0 Å². The molecule has 1 fully saturated rings. The predicted molar refractivity (Wildman–Crippen MR) is 135 cm³/mol. The topological polar surface area (TPSA) is 63.0 Å².